The largest absolute Gasteiger partial charge is 0.496 e. The molecule has 0 saturated carbocycles. The molecule has 0 unspecified atom stereocenters. The Kier molecular flexibility index (Phi) is 3.56. The number of aldehydes is 1. The van der Waals surface area contributed by atoms with Gasteiger partial charge in [-0.1, -0.05) is 0 Å². The zero-order valence-electron chi connectivity index (χ0n) is 11.2. The normalized spacial score (nSPS) is 10.3. The molecule has 0 amide bonds. The minimum atomic E-state index is -0.553. The Morgan fingerprint density at radius 3 is 2.40 bits per heavy atom. The van der Waals surface area contributed by atoms with Crippen LogP contribution in [-0.2, 0) is 0 Å². The summed E-state index contributed by atoms with van der Waals surface area (Å²) in [5.41, 5.74) is -0.513. The van der Waals surface area contributed by atoms with Crippen LogP contribution in [0, 0.1) is 0 Å². The van der Waals surface area contributed by atoms with Crippen molar-refractivity contribution in [1.29, 1.82) is 0 Å². The summed E-state index contributed by atoms with van der Waals surface area (Å²) in [5.74, 6) is 0.0969. The van der Waals surface area contributed by atoms with E-state index in [1.54, 1.807) is 0 Å². The molecule has 1 aromatic heterocycles. The number of hydrogen-bond acceptors (Lipinski definition) is 6. The molecule has 0 spiro atoms. The van der Waals surface area contributed by atoms with Crippen molar-refractivity contribution in [2.75, 3.05) is 14.2 Å². The highest BCUT2D eigenvalue weighted by molar-refractivity contribution is 6.09. The van der Waals surface area contributed by atoms with Crippen LogP contribution in [0.4, 0.5) is 0 Å². The summed E-state index contributed by atoms with van der Waals surface area (Å²) < 4.78 is 15.5. The van der Waals surface area contributed by atoms with Gasteiger partial charge in [0, 0.05) is 6.07 Å². The number of benzene rings is 1. The number of carbonyl (C=O) groups excluding carboxylic acids is 2. The number of Topliss-reactive ketones (excluding diaryl/α,β-unsaturated/α-hetero) is 1. The van der Waals surface area contributed by atoms with Gasteiger partial charge < -0.3 is 13.9 Å². The standard InChI is InChI=1S/C14H12O6/c1-7(16)11-9(18-2)4-10(19-3)12-13(17)8(5-15)6-20-14(11)12/h4-6H,1-3H3. The molecule has 104 valence electrons. The summed E-state index contributed by atoms with van der Waals surface area (Å²) in [6.07, 6.45) is 1.41. The van der Waals surface area contributed by atoms with Gasteiger partial charge >= 0.3 is 0 Å². The number of ketones is 1. The average molecular weight is 276 g/mol. The third-order valence-corrected chi connectivity index (χ3v) is 2.92. The van der Waals surface area contributed by atoms with Crippen molar-refractivity contribution >= 4 is 23.0 Å². The van der Waals surface area contributed by atoms with Crippen molar-refractivity contribution in [2.24, 2.45) is 0 Å². The summed E-state index contributed by atoms with van der Waals surface area (Å²) in [4.78, 5) is 34.8. The smallest absolute Gasteiger partial charge is 0.206 e. The fraction of sp³-hybridized carbons (Fsp3) is 0.214. The first-order valence-electron chi connectivity index (χ1n) is 5.71. The minimum Gasteiger partial charge on any atom is -0.496 e. The Morgan fingerprint density at radius 1 is 1.25 bits per heavy atom. The maximum Gasteiger partial charge on any atom is 0.206 e. The molecule has 0 aliphatic carbocycles. The second-order valence-corrected chi connectivity index (χ2v) is 4.05. The third-order valence-electron chi connectivity index (χ3n) is 2.92. The van der Waals surface area contributed by atoms with E-state index >= 15 is 0 Å². The number of hydrogen-bond donors (Lipinski definition) is 0. The van der Waals surface area contributed by atoms with Crippen molar-refractivity contribution in [2.45, 2.75) is 6.92 Å². The van der Waals surface area contributed by atoms with E-state index in [2.05, 4.69) is 0 Å². The van der Waals surface area contributed by atoms with E-state index in [1.807, 2.05) is 0 Å². The fourth-order valence-electron chi connectivity index (χ4n) is 2.00. The molecule has 0 saturated heterocycles. The van der Waals surface area contributed by atoms with Crippen LogP contribution < -0.4 is 14.9 Å². The highest BCUT2D eigenvalue weighted by Crippen LogP contribution is 2.34. The van der Waals surface area contributed by atoms with E-state index in [9.17, 15) is 14.4 Å². The fourth-order valence-corrected chi connectivity index (χ4v) is 2.00. The Bertz CT molecular complexity index is 756. The Balaban J connectivity index is 3.06. The lowest BCUT2D eigenvalue weighted by Crippen LogP contribution is -2.11. The minimum absolute atomic E-state index is 0.0445. The first kappa shape index (κ1) is 13.8. The summed E-state index contributed by atoms with van der Waals surface area (Å²) >= 11 is 0. The van der Waals surface area contributed by atoms with Gasteiger partial charge in [-0.15, -0.1) is 0 Å². The monoisotopic (exact) mass is 276 g/mol. The van der Waals surface area contributed by atoms with Crippen molar-refractivity contribution < 1.29 is 23.5 Å². The molecule has 0 atom stereocenters. The maximum atomic E-state index is 12.2. The number of methoxy groups -OCH3 is 2. The van der Waals surface area contributed by atoms with Gasteiger partial charge in [0.2, 0.25) is 5.43 Å². The molecule has 0 aliphatic heterocycles. The zero-order valence-corrected chi connectivity index (χ0v) is 11.2. The lowest BCUT2D eigenvalue weighted by atomic mass is 10.0. The zero-order chi connectivity index (χ0) is 14.9. The Hall–Kier alpha value is -2.63. The van der Waals surface area contributed by atoms with Crippen LogP contribution in [0.2, 0.25) is 0 Å². The van der Waals surface area contributed by atoms with E-state index in [4.69, 9.17) is 13.9 Å². The van der Waals surface area contributed by atoms with Crippen LogP contribution in [0.1, 0.15) is 27.6 Å². The molecule has 0 bridgehead atoms. The molecule has 6 heteroatoms. The molecule has 0 aliphatic rings. The van der Waals surface area contributed by atoms with Crippen molar-refractivity contribution in [3.63, 3.8) is 0 Å². The van der Waals surface area contributed by atoms with Crippen LogP contribution >= 0.6 is 0 Å². The molecule has 20 heavy (non-hydrogen) atoms. The summed E-state index contributed by atoms with van der Waals surface area (Å²) in [5, 5.41) is 0.0445. The van der Waals surface area contributed by atoms with E-state index in [0.29, 0.717) is 6.29 Å². The summed E-state index contributed by atoms with van der Waals surface area (Å²) in [6.45, 7) is 1.33. The van der Waals surface area contributed by atoms with E-state index < -0.39 is 5.43 Å². The average Bonchev–Trinajstić information content (AvgIpc) is 2.45. The van der Waals surface area contributed by atoms with Crippen molar-refractivity contribution in [3.8, 4) is 11.5 Å². The lowest BCUT2D eigenvalue weighted by Gasteiger charge is -2.12. The van der Waals surface area contributed by atoms with E-state index in [-0.39, 0.29) is 39.4 Å². The van der Waals surface area contributed by atoms with Crippen molar-refractivity contribution in [1.82, 2.24) is 0 Å². The van der Waals surface area contributed by atoms with Gasteiger partial charge in [0.05, 0.1) is 19.8 Å². The second kappa shape index (κ2) is 5.16. The molecule has 2 rings (SSSR count). The molecular formula is C14H12O6. The predicted octanol–water partition coefficient (Wildman–Crippen LogP) is 1.83. The highest BCUT2D eigenvalue weighted by Gasteiger charge is 2.22. The quantitative estimate of drug-likeness (QED) is 0.625. The van der Waals surface area contributed by atoms with Gasteiger partial charge in [0.1, 0.15) is 28.7 Å². The Labute approximate surface area is 113 Å². The van der Waals surface area contributed by atoms with Crippen LogP contribution in [0.15, 0.2) is 21.5 Å². The molecule has 1 heterocycles. The van der Waals surface area contributed by atoms with Gasteiger partial charge in [0.25, 0.3) is 0 Å². The van der Waals surface area contributed by atoms with E-state index in [1.165, 1.54) is 27.2 Å². The lowest BCUT2D eigenvalue weighted by molar-refractivity contribution is 0.101. The summed E-state index contributed by atoms with van der Waals surface area (Å²) in [6, 6.07) is 1.42. The van der Waals surface area contributed by atoms with Crippen LogP contribution in [0.3, 0.4) is 0 Å². The topological polar surface area (TPSA) is 82.8 Å². The summed E-state index contributed by atoms with van der Waals surface area (Å²) in [7, 11) is 2.76. The van der Waals surface area contributed by atoms with Gasteiger partial charge in [-0.3, -0.25) is 14.4 Å². The maximum absolute atomic E-state index is 12.2. The first-order valence-corrected chi connectivity index (χ1v) is 5.71. The number of ether oxygens (including phenoxy) is 2. The number of fused-ring (bicyclic) bond motifs is 1. The van der Waals surface area contributed by atoms with Crippen LogP contribution in [0.5, 0.6) is 11.5 Å². The number of carbonyl (C=O) groups is 2. The number of rotatable bonds is 4. The molecule has 0 N–H and O–H groups in total. The van der Waals surface area contributed by atoms with Crippen LogP contribution in [-0.4, -0.2) is 26.3 Å². The first-order chi connectivity index (χ1) is 9.54. The third kappa shape index (κ3) is 1.95. The molecular weight excluding hydrogens is 264 g/mol. The predicted molar refractivity (Wildman–Crippen MR) is 71.0 cm³/mol. The van der Waals surface area contributed by atoms with Crippen molar-refractivity contribution in [3.05, 3.63) is 33.7 Å². The van der Waals surface area contributed by atoms with E-state index in [0.717, 1.165) is 6.26 Å². The van der Waals surface area contributed by atoms with Gasteiger partial charge in [-0.05, 0) is 6.92 Å². The highest BCUT2D eigenvalue weighted by atomic mass is 16.5. The molecule has 6 nitrogen and oxygen atoms in total. The molecule has 0 radical (unpaired) electrons. The molecule has 1 aromatic carbocycles. The van der Waals surface area contributed by atoms with Crippen LogP contribution in [0.25, 0.3) is 11.0 Å². The Morgan fingerprint density at radius 2 is 1.90 bits per heavy atom. The van der Waals surface area contributed by atoms with Gasteiger partial charge in [-0.2, -0.15) is 0 Å². The SMILES string of the molecule is COc1cc(OC)c2c(=O)c(C=O)coc2c1C(C)=O. The molecule has 0 fully saturated rings. The van der Waals surface area contributed by atoms with Gasteiger partial charge in [-0.25, -0.2) is 0 Å². The second-order valence-electron chi connectivity index (χ2n) is 4.05. The van der Waals surface area contributed by atoms with Gasteiger partial charge in [0.15, 0.2) is 17.7 Å². The molecule has 2 aromatic rings.